The molecule has 1 saturated heterocycles. The van der Waals surface area contributed by atoms with E-state index in [0.717, 1.165) is 74.2 Å². The van der Waals surface area contributed by atoms with E-state index in [1.54, 1.807) is 0 Å². The van der Waals surface area contributed by atoms with Crippen LogP contribution < -0.4 is 9.47 Å². The van der Waals surface area contributed by atoms with Crippen LogP contribution in [0.25, 0.3) is 11.1 Å². The Morgan fingerprint density at radius 1 is 1.03 bits per heavy atom. The van der Waals surface area contributed by atoms with E-state index in [-0.39, 0.29) is 18.6 Å². The number of ether oxygens (including phenoxy) is 2. The first-order valence-electron chi connectivity index (χ1n) is 12.8. The van der Waals surface area contributed by atoms with Gasteiger partial charge in [-0.15, -0.1) is 5.10 Å². The van der Waals surface area contributed by atoms with Gasteiger partial charge in [-0.05, 0) is 69.7 Å². The molecule has 2 fully saturated rings. The molecule has 0 bridgehead atoms. The minimum absolute atomic E-state index is 0.0406. The first-order valence-corrected chi connectivity index (χ1v) is 12.8. The smallest absolute Gasteiger partial charge is 0.234 e. The second-order valence-electron chi connectivity index (χ2n) is 9.70. The summed E-state index contributed by atoms with van der Waals surface area (Å²) >= 11 is 0. The molecule has 180 valence electrons. The van der Waals surface area contributed by atoms with Crippen LogP contribution in [-0.4, -0.2) is 59.2 Å². The molecule has 2 unspecified atom stereocenters. The molecule has 1 aromatic carbocycles. The number of piperidine rings is 1. The predicted molar refractivity (Wildman–Crippen MR) is 131 cm³/mol. The number of likely N-dealkylation sites (tertiary alicyclic amines) is 1. The SMILES string of the molecule is CCCCc1nnc(OC2CCN(C)CC2CO)cc1-c1ccc(OC2CCCCC2)cc1. The largest absolute Gasteiger partial charge is 0.490 e. The number of unbranched alkanes of at least 4 members (excludes halogenated alkanes) is 1. The van der Waals surface area contributed by atoms with Crippen molar-refractivity contribution in [3.63, 3.8) is 0 Å². The number of aromatic nitrogens is 2. The topological polar surface area (TPSA) is 67.7 Å². The lowest BCUT2D eigenvalue weighted by Gasteiger charge is -2.35. The fourth-order valence-electron chi connectivity index (χ4n) is 5.00. The average molecular weight is 454 g/mol. The minimum atomic E-state index is -0.0406. The summed E-state index contributed by atoms with van der Waals surface area (Å²) in [5, 5.41) is 18.8. The summed E-state index contributed by atoms with van der Waals surface area (Å²) in [6, 6.07) is 10.4. The second kappa shape index (κ2) is 11.8. The van der Waals surface area contributed by atoms with E-state index in [0.29, 0.717) is 12.0 Å². The molecule has 33 heavy (non-hydrogen) atoms. The van der Waals surface area contributed by atoms with E-state index >= 15 is 0 Å². The number of aryl methyl sites for hydroxylation is 1. The summed E-state index contributed by atoms with van der Waals surface area (Å²) < 4.78 is 12.5. The third kappa shape index (κ3) is 6.45. The van der Waals surface area contributed by atoms with Crippen LogP contribution in [0.2, 0.25) is 0 Å². The molecular formula is C27H39N3O3. The van der Waals surface area contributed by atoms with Gasteiger partial charge in [0.2, 0.25) is 5.88 Å². The van der Waals surface area contributed by atoms with Crippen LogP contribution in [0.15, 0.2) is 30.3 Å². The van der Waals surface area contributed by atoms with Gasteiger partial charge in [-0.3, -0.25) is 0 Å². The first kappa shape index (κ1) is 24.0. The second-order valence-corrected chi connectivity index (χ2v) is 9.70. The quantitative estimate of drug-likeness (QED) is 0.583. The maximum Gasteiger partial charge on any atom is 0.234 e. The van der Waals surface area contributed by atoms with Gasteiger partial charge in [0.25, 0.3) is 0 Å². The zero-order valence-electron chi connectivity index (χ0n) is 20.2. The normalized spacial score (nSPS) is 22.3. The summed E-state index contributed by atoms with van der Waals surface area (Å²) in [4.78, 5) is 2.24. The van der Waals surface area contributed by atoms with E-state index in [4.69, 9.17) is 9.47 Å². The van der Waals surface area contributed by atoms with Gasteiger partial charge in [0.05, 0.1) is 18.4 Å². The Labute approximate surface area is 198 Å². The van der Waals surface area contributed by atoms with Crippen molar-refractivity contribution in [1.82, 2.24) is 15.1 Å². The number of rotatable bonds is 9. The molecule has 0 spiro atoms. The highest BCUT2D eigenvalue weighted by molar-refractivity contribution is 5.67. The highest BCUT2D eigenvalue weighted by Crippen LogP contribution is 2.31. The number of hydrogen-bond donors (Lipinski definition) is 1. The van der Waals surface area contributed by atoms with Crippen LogP contribution in [0.5, 0.6) is 11.6 Å². The third-order valence-electron chi connectivity index (χ3n) is 7.01. The van der Waals surface area contributed by atoms with E-state index in [2.05, 4.69) is 53.3 Å². The van der Waals surface area contributed by atoms with Crippen LogP contribution in [0, 0.1) is 5.92 Å². The molecule has 1 aliphatic carbocycles. The lowest BCUT2D eigenvalue weighted by molar-refractivity contribution is 0.0209. The number of aliphatic hydroxyl groups is 1. The summed E-state index contributed by atoms with van der Waals surface area (Å²) in [5.41, 5.74) is 3.19. The molecule has 0 amide bonds. The highest BCUT2D eigenvalue weighted by atomic mass is 16.5. The van der Waals surface area contributed by atoms with E-state index in [9.17, 15) is 5.11 Å². The van der Waals surface area contributed by atoms with Gasteiger partial charge in [0, 0.05) is 30.6 Å². The molecule has 1 N–H and O–H groups in total. The summed E-state index contributed by atoms with van der Waals surface area (Å²) in [6.07, 6.45) is 10.4. The van der Waals surface area contributed by atoms with Gasteiger partial charge < -0.3 is 19.5 Å². The summed E-state index contributed by atoms with van der Waals surface area (Å²) in [7, 11) is 2.08. The van der Waals surface area contributed by atoms with Crippen LogP contribution in [-0.2, 0) is 6.42 Å². The highest BCUT2D eigenvalue weighted by Gasteiger charge is 2.29. The van der Waals surface area contributed by atoms with Crippen LogP contribution in [0.4, 0.5) is 0 Å². The number of hydrogen-bond acceptors (Lipinski definition) is 6. The molecular weight excluding hydrogens is 414 g/mol. The lowest BCUT2D eigenvalue weighted by Crippen LogP contribution is -2.45. The Morgan fingerprint density at radius 2 is 1.82 bits per heavy atom. The van der Waals surface area contributed by atoms with Crippen molar-refractivity contribution in [1.29, 1.82) is 0 Å². The summed E-state index contributed by atoms with van der Waals surface area (Å²) in [6.45, 7) is 4.10. The molecule has 2 heterocycles. The predicted octanol–water partition coefficient (Wildman–Crippen LogP) is 4.89. The van der Waals surface area contributed by atoms with Crippen LogP contribution >= 0.6 is 0 Å². The van der Waals surface area contributed by atoms with E-state index in [1.165, 1.54) is 19.3 Å². The molecule has 0 radical (unpaired) electrons. The molecule has 2 aliphatic rings. The van der Waals surface area contributed by atoms with Crippen molar-refractivity contribution < 1.29 is 14.6 Å². The Kier molecular flexibility index (Phi) is 8.57. The summed E-state index contributed by atoms with van der Waals surface area (Å²) in [5.74, 6) is 1.57. The standard InChI is InChI=1S/C27H39N3O3/c1-3-4-10-25-24(20-11-13-23(14-12-20)32-22-8-6-5-7-9-22)17-27(29-28-25)33-26-15-16-30(2)18-21(26)19-31/h11-14,17,21-22,26,31H,3-10,15-16,18-19H2,1-2H3. The van der Waals surface area contributed by atoms with Crippen molar-refractivity contribution in [2.24, 2.45) is 5.92 Å². The molecule has 1 saturated carbocycles. The Hall–Kier alpha value is -2.18. The van der Waals surface area contributed by atoms with Crippen molar-refractivity contribution in [3.8, 4) is 22.8 Å². The van der Waals surface area contributed by atoms with Crippen LogP contribution in [0.1, 0.15) is 64.0 Å². The molecule has 2 atom stereocenters. The van der Waals surface area contributed by atoms with E-state index < -0.39 is 0 Å². The zero-order chi connectivity index (χ0) is 23.0. The van der Waals surface area contributed by atoms with Crippen molar-refractivity contribution in [2.75, 3.05) is 26.7 Å². The van der Waals surface area contributed by atoms with Gasteiger partial charge in [0.1, 0.15) is 11.9 Å². The monoisotopic (exact) mass is 453 g/mol. The fourth-order valence-corrected chi connectivity index (χ4v) is 5.00. The number of aliphatic hydroxyl groups excluding tert-OH is 1. The van der Waals surface area contributed by atoms with Crippen molar-refractivity contribution in [2.45, 2.75) is 76.9 Å². The molecule has 6 nitrogen and oxygen atoms in total. The Bertz CT molecular complexity index is 867. The van der Waals surface area contributed by atoms with Crippen LogP contribution in [0.3, 0.4) is 0 Å². The van der Waals surface area contributed by atoms with Gasteiger partial charge in [-0.1, -0.05) is 31.9 Å². The van der Waals surface area contributed by atoms with Crippen molar-refractivity contribution in [3.05, 3.63) is 36.0 Å². The minimum Gasteiger partial charge on any atom is -0.490 e. The number of benzene rings is 1. The molecule has 1 aromatic heterocycles. The lowest BCUT2D eigenvalue weighted by atomic mass is 9.95. The first-order chi connectivity index (χ1) is 16.2. The Morgan fingerprint density at radius 3 is 2.55 bits per heavy atom. The molecule has 4 rings (SSSR count). The molecule has 6 heteroatoms. The number of nitrogens with zero attached hydrogens (tertiary/aromatic N) is 3. The zero-order valence-corrected chi connectivity index (χ0v) is 20.2. The fraction of sp³-hybridized carbons (Fsp3) is 0.630. The van der Waals surface area contributed by atoms with Crippen molar-refractivity contribution >= 4 is 0 Å². The molecule has 1 aliphatic heterocycles. The van der Waals surface area contributed by atoms with Gasteiger partial charge in [0.15, 0.2) is 0 Å². The van der Waals surface area contributed by atoms with Gasteiger partial charge in [-0.2, -0.15) is 5.10 Å². The van der Waals surface area contributed by atoms with Gasteiger partial charge >= 0.3 is 0 Å². The van der Waals surface area contributed by atoms with Gasteiger partial charge in [-0.25, -0.2) is 0 Å². The maximum absolute atomic E-state index is 9.82. The molecule has 2 aromatic rings. The average Bonchev–Trinajstić information content (AvgIpc) is 2.85. The van der Waals surface area contributed by atoms with E-state index in [1.807, 2.05) is 6.07 Å². The third-order valence-corrected chi connectivity index (χ3v) is 7.01. The maximum atomic E-state index is 9.82. The Balaban J connectivity index is 1.52.